The Balaban J connectivity index is 2.53. The van der Waals surface area contributed by atoms with Crippen molar-refractivity contribution in [3.05, 3.63) is 35.6 Å². The Labute approximate surface area is 83.7 Å². The minimum atomic E-state index is -0.223. The van der Waals surface area contributed by atoms with Crippen LogP contribution < -0.4 is 5.73 Å². The molecular formula is C11H15FN2. The third-order valence-electron chi connectivity index (χ3n) is 1.88. The van der Waals surface area contributed by atoms with Crippen LogP contribution in [0.15, 0.2) is 29.3 Å². The summed E-state index contributed by atoms with van der Waals surface area (Å²) in [5.41, 5.74) is 6.62. The zero-order valence-electron chi connectivity index (χ0n) is 8.33. The van der Waals surface area contributed by atoms with E-state index in [4.69, 9.17) is 5.73 Å². The lowest BCUT2D eigenvalue weighted by Gasteiger charge is -1.99. The Kier molecular flexibility index (Phi) is 4.11. The van der Waals surface area contributed by atoms with E-state index in [0.717, 1.165) is 18.4 Å². The molecular weight excluding hydrogens is 179 g/mol. The molecule has 0 fully saturated rings. The number of nitrogens with zero attached hydrogens (tertiary/aromatic N) is 1. The van der Waals surface area contributed by atoms with Gasteiger partial charge in [0.1, 0.15) is 5.82 Å². The van der Waals surface area contributed by atoms with E-state index in [1.807, 2.05) is 0 Å². The van der Waals surface area contributed by atoms with Gasteiger partial charge in [-0.2, -0.15) is 0 Å². The Hall–Kier alpha value is -1.38. The van der Waals surface area contributed by atoms with Crippen LogP contribution in [0.5, 0.6) is 0 Å². The van der Waals surface area contributed by atoms with Crippen molar-refractivity contribution < 1.29 is 4.39 Å². The third-order valence-corrected chi connectivity index (χ3v) is 1.88. The van der Waals surface area contributed by atoms with E-state index in [1.54, 1.807) is 12.1 Å². The van der Waals surface area contributed by atoms with E-state index >= 15 is 0 Å². The third kappa shape index (κ3) is 3.56. The monoisotopic (exact) mass is 194 g/mol. The van der Waals surface area contributed by atoms with Gasteiger partial charge in [-0.15, -0.1) is 0 Å². The normalized spacial score (nSPS) is 11.7. The van der Waals surface area contributed by atoms with Crippen LogP contribution in [0.4, 0.5) is 4.39 Å². The summed E-state index contributed by atoms with van der Waals surface area (Å²) in [6, 6.07) is 6.30. The molecule has 0 aliphatic carbocycles. The molecule has 1 aromatic rings. The topological polar surface area (TPSA) is 38.4 Å². The maximum Gasteiger partial charge on any atom is 0.123 e. The Bertz CT molecular complexity index is 304. The van der Waals surface area contributed by atoms with Crippen LogP contribution in [0.1, 0.15) is 25.3 Å². The SMILES string of the molecule is CCCC(N)=NCc1ccc(F)cc1. The molecule has 76 valence electrons. The average molecular weight is 194 g/mol. The van der Waals surface area contributed by atoms with Crippen molar-refractivity contribution in [1.82, 2.24) is 0 Å². The van der Waals surface area contributed by atoms with Crippen LogP contribution in [0, 0.1) is 5.82 Å². The largest absolute Gasteiger partial charge is 0.387 e. The number of rotatable bonds is 4. The molecule has 0 bridgehead atoms. The van der Waals surface area contributed by atoms with Gasteiger partial charge in [0.05, 0.1) is 12.4 Å². The van der Waals surface area contributed by atoms with E-state index in [1.165, 1.54) is 12.1 Å². The summed E-state index contributed by atoms with van der Waals surface area (Å²) >= 11 is 0. The lowest BCUT2D eigenvalue weighted by atomic mass is 10.2. The summed E-state index contributed by atoms with van der Waals surface area (Å²) in [4.78, 5) is 4.19. The molecule has 0 aromatic heterocycles. The van der Waals surface area contributed by atoms with E-state index in [-0.39, 0.29) is 5.82 Å². The quantitative estimate of drug-likeness (QED) is 0.580. The number of halogens is 1. The molecule has 14 heavy (non-hydrogen) atoms. The van der Waals surface area contributed by atoms with Gasteiger partial charge in [0.15, 0.2) is 0 Å². The summed E-state index contributed by atoms with van der Waals surface area (Å²) in [6.45, 7) is 2.59. The maximum atomic E-state index is 12.5. The molecule has 1 rings (SSSR count). The second-order valence-electron chi connectivity index (χ2n) is 3.18. The van der Waals surface area contributed by atoms with Gasteiger partial charge in [0, 0.05) is 6.42 Å². The number of hydrogen-bond acceptors (Lipinski definition) is 1. The van der Waals surface area contributed by atoms with Gasteiger partial charge in [0.2, 0.25) is 0 Å². The highest BCUT2D eigenvalue weighted by Gasteiger charge is 1.93. The average Bonchev–Trinajstić information content (AvgIpc) is 2.17. The van der Waals surface area contributed by atoms with Gasteiger partial charge in [-0.3, -0.25) is 4.99 Å². The van der Waals surface area contributed by atoms with Gasteiger partial charge >= 0.3 is 0 Å². The van der Waals surface area contributed by atoms with Crippen molar-refractivity contribution >= 4 is 5.84 Å². The highest BCUT2D eigenvalue weighted by molar-refractivity contribution is 5.80. The molecule has 3 heteroatoms. The fourth-order valence-corrected chi connectivity index (χ4v) is 1.12. The van der Waals surface area contributed by atoms with Crippen LogP contribution in [-0.4, -0.2) is 5.84 Å². The zero-order chi connectivity index (χ0) is 10.4. The van der Waals surface area contributed by atoms with Crippen molar-refractivity contribution in [3.8, 4) is 0 Å². The van der Waals surface area contributed by atoms with Crippen molar-refractivity contribution in [2.75, 3.05) is 0 Å². The second-order valence-corrected chi connectivity index (χ2v) is 3.18. The molecule has 0 aliphatic rings. The number of benzene rings is 1. The standard InChI is InChI=1S/C11H15FN2/c1-2-3-11(13)14-8-9-4-6-10(12)7-5-9/h4-7H,2-3,8H2,1H3,(H2,13,14). The van der Waals surface area contributed by atoms with E-state index in [2.05, 4.69) is 11.9 Å². The molecule has 0 saturated carbocycles. The predicted octanol–water partition coefficient (Wildman–Crippen LogP) is 2.48. The van der Waals surface area contributed by atoms with E-state index < -0.39 is 0 Å². The smallest absolute Gasteiger partial charge is 0.123 e. The first-order chi connectivity index (χ1) is 6.72. The van der Waals surface area contributed by atoms with E-state index in [9.17, 15) is 4.39 Å². The molecule has 0 radical (unpaired) electrons. The molecule has 0 saturated heterocycles. The fourth-order valence-electron chi connectivity index (χ4n) is 1.12. The molecule has 2 N–H and O–H groups in total. The molecule has 0 amide bonds. The summed E-state index contributed by atoms with van der Waals surface area (Å²) in [7, 11) is 0. The van der Waals surface area contributed by atoms with Gasteiger partial charge in [-0.1, -0.05) is 19.1 Å². The highest BCUT2D eigenvalue weighted by atomic mass is 19.1. The Morgan fingerprint density at radius 1 is 1.36 bits per heavy atom. The van der Waals surface area contributed by atoms with Crippen LogP contribution in [0.3, 0.4) is 0 Å². The van der Waals surface area contributed by atoms with Crippen LogP contribution in [-0.2, 0) is 6.54 Å². The maximum absolute atomic E-state index is 12.5. The molecule has 0 unspecified atom stereocenters. The predicted molar refractivity (Wildman–Crippen MR) is 56.6 cm³/mol. The molecule has 0 heterocycles. The first kappa shape index (κ1) is 10.7. The minimum absolute atomic E-state index is 0.223. The second kappa shape index (κ2) is 5.37. The van der Waals surface area contributed by atoms with Gasteiger partial charge in [0.25, 0.3) is 0 Å². The first-order valence-corrected chi connectivity index (χ1v) is 4.75. The van der Waals surface area contributed by atoms with Crippen molar-refractivity contribution in [1.29, 1.82) is 0 Å². The number of hydrogen-bond donors (Lipinski definition) is 1. The van der Waals surface area contributed by atoms with Gasteiger partial charge in [-0.25, -0.2) is 4.39 Å². The molecule has 1 aromatic carbocycles. The highest BCUT2D eigenvalue weighted by Crippen LogP contribution is 2.04. The van der Waals surface area contributed by atoms with Crippen molar-refractivity contribution in [2.24, 2.45) is 10.7 Å². The van der Waals surface area contributed by atoms with E-state index in [0.29, 0.717) is 12.4 Å². The van der Waals surface area contributed by atoms with Gasteiger partial charge < -0.3 is 5.73 Å². The Morgan fingerprint density at radius 3 is 2.57 bits per heavy atom. The summed E-state index contributed by atoms with van der Waals surface area (Å²) in [5, 5.41) is 0. The summed E-state index contributed by atoms with van der Waals surface area (Å²) < 4.78 is 12.5. The van der Waals surface area contributed by atoms with Crippen LogP contribution in [0.2, 0.25) is 0 Å². The number of aliphatic imine (C=N–C) groups is 1. The number of amidine groups is 1. The van der Waals surface area contributed by atoms with Gasteiger partial charge in [-0.05, 0) is 24.1 Å². The lowest BCUT2D eigenvalue weighted by molar-refractivity contribution is 0.627. The van der Waals surface area contributed by atoms with Crippen molar-refractivity contribution in [3.63, 3.8) is 0 Å². The van der Waals surface area contributed by atoms with Crippen LogP contribution >= 0.6 is 0 Å². The summed E-state index contributed by atoms with van der Waals surface area (Å²) in [6.07, 6.45) is 1.82. The fraction of sp³-hybridized carbons (Fsp3) is 0.364. The molecule has 0 aliphatic heterocycles. The molecule has 2 nitrogen and oxygen atoms in total. The Morgan fingerprint density at radius 2 is 2.00 bits per heavy atom. The minimum Gasteiger partial charge on any atom is -0.387 e. The first-order valence-electron chi connectivity index (χ1n) is 4.75. The zero-order valence-corrected chi connectivity index (χ0v) is 8.33. The molecule has 0 atom stereocenters. The van der Waals surface area contributed by atoms with Crippen molar-refractivity contribution in [2.45, 2.75) is 26.3 Å². The lowest BCUT2D eigenvalue weighted by Crippen LogP contribution is -2.11. The number of nitrogens with two attached hydrogens (primary N) is 1. The molecule has 0 spiro atoms. The summed E-state index contributed by atoms with van der Waals surface area (Å²) in [5.74, 6) is 0.441. The van der Waals surface area contributed by atoms with Crippen LogP contribution in [0.25, 0.3) is 0 Å².